The van der Waals surface area contributed by atoms with Gasteiger partial charge in [0.25, 0.3) is 0 Å². The average Bonchev–Trinajstić information content (AvgIpc) is 2.63. The second-order valence-corrected chi connectivity index (χ2v) is 9.20. The highest BCUT2D eigenvalue weighted by Gasteiger charge is 2.32. The zero-order chi connectivity index (χ0) is 20.5. The quantitative estimate of drug-likeness (QED) is 0.203. The van der Waals surface area contributed by atoms with Crippen molar-refractivity contribution in [3.8, 4) is 0 Å². The summed E-state index contributed by atoms with van der Waals surface area (Å²) < 4.78 is 12.6. The Bertz CT molecular complexity index is 340. The average molecular weight is 385 g/mol. The van der Waals surface area contributed by atoms with Crippen molar-refractivity contribution >= 4 is 5.78 Å². The molecule has 0 amide bonds. The van der Waals surface area contributed by atoms with Gasteiger partial charge in [0.2, 0.25) is 0 Å². The third-order valence-corrected chi connectivity index (χ3v) is 6.58. The van der Waals surface area contributed by atoms with Crippen LogP contribution in [0.2, 0.25) is 0 Å². The predicted molar refractivity (Wildman–Crippen MR) is 118 cm³/mol. The molecule has 162 valence electrons. The monoisotopic (exact) mass is 384 g/mol. The molecule has 0 radical (unpaired) electrons. The first kappa shape index (κ1) is 26.6. The molecule has 0 heterocycles. The Morgan fingerprint density at radius 3 is 1.85 bits per heavy atom. The summed E-state index contributed by atoms with van der Waals surface area (Å²) in [5.41, 5.74) is -0.145. The van der Waals surface area contributed by atoms with Gasteiger partial charge >= 0.3 is 0 Å². The van der Waals surface area contributed by atoms with Crippen molar-refractivity contribution < 1.29 is 9.18 Å². The van der Waals surface area contributed by atoms with E-state index in [0.717, 1.165) is 44.9 Å². The van der Waals surface area contributed by atoms with Gasteiger partial charge in [-0.25, -0.2) is 0 Å². The number of hydrogen-bond donors (Lipinski definition) is 0. The molecule has 0 N–H and O–H groups in total. The number of ketones is 1. The van der Waals surface area contributed by atoms with Gasteiger partial charge in [0.15, 0.2) is 0 Å². The Kier molecular flexibility index (Phi) is 16.3. The molecule has 0 aromatic rings. The number of halogens is 1. The van der Waals surface area contributed by atoms with Gasteiger partial charge in [-0.3, -0.25) is 9.18 Å². The molecule has 0 saturated carbocycles. The molecule has 0 aromatic heterocycles. The van der Waals surface area contributed by atoms with Gasteiger partial charge in [-0.1, -0.05) is 105 Å². The smallest absolute Gasteiger partial charge is 0.135 e. The Hall–Kier alpha value is -0.400. The van der Waals surface area contributed by atoms with Crippen LogP contribution in [0.1, 0.15) is 131 Å². The predicted octanol–water partition coefficient (Wildman–Crippen LogP) is 8.69. The van der Waals surface area contributed by atoms with Crippen LogP contribution in [0.25, 0.3) is 0 Å². The van der Waals surface area contributed by atoms with Crippen molar-refractivity contribution in [2.45, 2.75) is 131 Å². The lowest BCUT2D eigenvalue weighted by atomic mass is 9.72. The largest absolute Gasteiger partial charge is 0.299 e. The Balaban J connectivity index is 4.46. The van der Waals surface area contributed by atoms with E-state index in [-0.39, 0.29) is 12.1 Å². The fraction of sp³-hybridized carbons (Fsp3) is 0.960. The van der Waals surface area contributed by atoms with E-state index in [9.17, 15) is 9.18 Å². The van der Waals surface area contributed by atoms with E-state index in [1.807, 2.05) is 0 Å². The van der Waals surface area contributed by atoms with E-state index < -0.39 is 0 Å². The minimum absolute atomic E-state index is 0.145. The summed E-state index contributed by atoms with van der Waals surface area (Å²) in [5, 5.41) is 0. The van der Waals surface area contributed by atoms with Crippen LogP contribution in [0.5, 0.6) is 0 Å². The molecule has 0 aliphatic heterocycles. The first-order valence-corrected chi connectivity index (χ1v) is 12.0. The van der Waals surface area contributed by atoms with Crippen LogP contribution in [0.15, 0.2) is 0 Å². The molecule has 0 spiro atoms. The van der Waals surface area contributed by atoms with Crippen LogP contribution in [0.4, 0.5) is 4.39 Å². The summed E-state index contributed by atoms with van der Waals surface area (Å²) in [6.07, 6.45) is 17.4. The summed E-state index contributed by atoms with van der Waals surface area (Å²) in [7, 11) is 0. The Morgan fingerprint density at radius 2 is 1.37 bits per heavy atom. The second kappa shape index (κ2) is 16.5. The fourth-order valence-corrected chi connectivity index (χ4v) is 4.51. The van der Waals surface area contributed by atoms with E-state index in [1.54, 1.807) is 6.92 Å². The third kappa shape index (κ3) is 12.6. The molecule has 0 fully saturated rings. The number of Topliss-reactive ketones (excluding diaryl/α,β-unsaturated/α-hetero) is 1. The molecule has 0 bridgehead atoms. The minimum Gasteiger partial charge on any atom is -0.299 e. The van der Waals surface area contributed by atoms with Gasteiger partial charge < -0.3 is 0 Å². The molecule has 0 aliphatic carbocycles. The van der Waals surface area contributed by atoms with Crippen LogP contribution in [-0.4, -0.2) is 12.5 Å². The zero-order valence-electron chi connectivity index (χ0n) is 19.3. The SMILES string of the molecule is CCCCC(CCCC)CC(C)(CCCCCC(CCC)CCF)C(C)=O. The number of carbonyl (C=O) groups is 1. The number of alkyl halides is 1. The molecule has 0 aliphatic rings. The molecular weight excluding hydrogens is 335 g/mol. The van der Waals surface area contributed by atoms with Gasteiger partial charge in [-0.05, 0) is 38.0 Å². The van der Waals surface area contributed by atoms with Crippen LogP contribution in [0.3, 0.4) is 0 Å². The Labute approximate surface area is 170 Å². The van der Waals surface area contributed by atoms with Gasteiger partial charge in [-0.2, -0.15) is 0 Å². The molecule has 2 heteroatoms. The maximum absolute atomic E-state index is 12.6. The standard InChI is InChI=1S/C25H49FO/c1-6-9-15-24(16-10-7-2)21-25(5,22(4)27)19-13-11-12-17-23(14-8-3)18-20-26/h23-24H,6-21H2,1-5H3. The van der Waals surface area contributed by atoms with Crippen molar-refractivity contribution in [2.24, 2.45) is 17.3 Å². The lowest BCUT2D eigenvalue weighted by molar-refractivity contribution is -0.127. The first-order valence-electron chi connectivity index (χ1n) is 12.0. The van der Waals surface area contributed by atoms with Gasteiger partial charge in [0.1, 0.15) is 5.78 Å². The number of carbonyl (C=O) groups excluding carboxylic acids is 1. The molecule has 0 saturated heterocycles. The highest BCUT2D eigenvalue weighted by molar-refractivity contribution is 5.81. The summed E-state index contributed by atoms with van der Waals surface area (Å²) in [5.74, 6) is 1.64. The van der Waals surface area contributed by atoms with Crippen LogP contribution in [-0.2, 0) is 4.79 Å². The van der Waals surface area contributed by atoms with E-state index in [1.165, 1.54) is 51.4 Å². The van der Waals surface area contributed by atoms with E-state index in [4.69, 9.17) is 0 Å². The third-order valence-electron chi connectivity index (χ3n) is 6.58. The molecular formula is C25H49FO. The lowest BCUT2D eigenvalue weighted by Crippen LogP contribution is -2.28. The number of unbranched alkanes of at least 4 members (excludes halogenated alkanes) is 4. The Morgan fingerprint density at radius 1 is 0.778 bits per heavy atom. The van der Waals surface area contributed by atoms with Gasteiger partial charge in [0.05, 0.1) is 6.67 Å². The molecule has 0 aromatic carbocycles. The molecule has 2 atom stereocenters. The van der Waals surface area contributed by atoms with Crippen molar-refractivity contribution in [1.29, 1.82) is 0 Å². The topological polar surface area (TPSA) is 17.1 Å². The molecule has 1 nitrogen and oxygen atoms in total. The van der Waals surface area contributed by atoms with E-state index in [2.05, 4.69) is 27.7 Å². The maximum Gasteiger partial charge on any atom is 0.135 e. The van der Waals surface area contributed by atoms with Crippen molar-refractivity contribution in [1.82, 2.24) is 0 Å². The second-order valence-electron chi connectivity index (χ2n) is 9.20. The van der Waals surface area contributed by atoms with Crippen LogP contribution >= 0.6 is 0 Å². The molecule has 27 heavy (non-hydrogen) atoms. The highest BCUT2D eigenvalue weighted by atomic mass is 19.1. The molecule has 0 rings (SSSR count). The van der Waals surface area contributed by atoms with Crippen molar-refractivity contribution in [3.63, 3.8) is 0 Å². The van der Waals surface area contributed by atoms with Crippen LogP contribution < -0.4 is 0 Å². The fourth-order valence-electron chi connectivity index (χ4n) is 4.51. The lowest BCUT2D eigenvalue weighted by Gasteiger charge is -2.31. The summed E-state index contributed by atoms with van der Waals surface area (Å²) in [4.78, 5) is 12.4. The first-order chi connectivity index (χ1) is 12.9. The maximum atomic E-state index is 12.6. The highest BCUT2D eigenvalue weighted by Crippen LogP contribution is 2.37. The summed E-state index contributed by atoms with van der Waals surface area (Å²) >= 11 is 0. The van der Waals surface area contributed by atoms with Crippen LogP contribution in [0, 0.1) is 17.3 Å². The van der Waals surface area contributed by atoms with E-state index in [0.29, 0.717) is 17.6 Å². The van der Waals surface area contributed by atoms with Crippen molar-refractivity contribution in [3.05, 3.63) is 0 Å². The van der Waals surface area contributed by atoms with E-state index >= 15 is 0 Å². The normalized spacial score (nSPS) is 15.1. The van der Waals surface area contributed by atoms with Crippen molar-refractivity contribution in [2.75, 3.05) is 6.67 Å². The summed E-state index contributed by atoms with van der Waals surface area (Å²) in [6.45, 7) is 10.5. The number of hydrogen-bond acceptors (Lipinski definition) is 1. The minimum atomic E-state index is -0.177. The van der Waals surface area contributed by atoms with Gasteiger partial charge in [0, 0.05) is 5.41 Å². The van der Waals surface area contributed by atoms with Gasteiger partial charge in [-0.15, -0.1) is 0 Å². The number of rotatable bonds is 19. The molecule has 2 unspecified atom stereocenters. The summed E-state index contributed by atoms with van der Waals surface area (Å²) in [6, 6.07) is 0. The zero-order valence-corrected chi connectivity index (χ0v) is 19.3.